The van der Waals surface area contributed by atoms with Gasteiger partial charge in [0.1, 0.15) is 5.01 Å². The molecule has 0 aliphatic rings. The largest absolute Gasteiger partial charge is 0.378 e. The molecule has 0 aliphatic heterocycles. The highest BCUT2D eigenvalue weighted by atomic mass is 32.2. The lowest BCUT2D eigenvalue weighted by molar-refractivity contribution is 0.181. The molecule has 1 atom stereocenters. The highest BCUT2D eigenvalue weighted by Gasteiger charge is 2.12. The second-order valence-corrected chi connectivity index (χ2v) is 7.69. The predicted molar refractivity (Wildman–Crippen MR) is 85.9 cm³/mol. The van der Waals surface area contributed by atoms with Crippen LogP contribution in [0.1, 0.15) is 49.7 Å². The summed E-state index contributed by atoms with van der Waals surface area (Å²) in [6, 6.07) is 0.547. The van der Waals surface area contributed by atoms with Gasteiger partial charge >= 0.3 is 0 Å². The van der Waals surface area contributed by atoms with Crippen molar-refractivity contribution >= 4 is 23.1 Å². The summed E-state index contributed by atoms with van der Waals surface area (Å²) in [6.45, 7) is 10.4. The van der Waals surface area contributed by atoms with Crippen molar-refractivity contribution in [2.75, 3.05) is 7.11 Å². The summed E-state index contributed by atoms with van der Waals surface area (Å²) < 4.78 is 5.25. The standard InChI is InChI=1S/C14H26N2OS2/c1-6-11(4)15-7-13-12(8-17-5)16-14(19-13)9-18-10(2)3/h10-11,15H,6-9H2,1-5H3. The molecule has 5 heteroatoms. The second kappa shape index (κ2) is 8.95. The van der Waals surface area contributed by atoms with Gasteiger partial charge in [0.2, 0.25) is 0 Å². The third-order valence-corrected chi connectivity index (χ3v) is 5.25. The van der Waals surface area contributed by atoms with Crippen molar-refractivity contribution in [2.45, 2.75) is 64.3 Å². The van der Waals surface area contributed by atoms with Gasteiger partial charge < -0.3 is 10.1 Å². The highest BCUT2D eigenvalue weighted by Crippen LogP contribution is 2.25. The molecule has 1 rings (SSSR count). The molecule has 0 aliphatic carbocycles. The van der Waals surface area contributed by atoms with Crippen molar-refractivity contribution in [3.05, 3.63) is 15.6 Å². The predicted octanol–water partition coefficient (Wildman–Crippen LogP) is 3.82. The Kier molecular flexibility index (Phi) is 7.99. The van der Waals surface area contributed by atoms with Crippen molar-refractivity contribution in [3.63, 3.8) is 0 Å². The zero-order valence-electron chi connectivity index (χ0n) is 12.7. The van der Waals surface area contributed by atoms with Crippen molar-refractivity contribution in [1.29, 1.82) is 0 Å². The van der Waals surface area contributed by atoms with Crippen molar-refractivity contribution < 1.29 is 4.74 Å². The number of nitrogens with zero attached hydrogens (tertiary/aromatic N) is 1. The minimum Gasteiger partial charge on any atom is -0.378 e. The Balaban J connectivity index is 2.65. The summed E-state index contributed by atoms with van der Waals surface area (Å²) in [5.41, 5.74) is 1.10. The van der Waals surface area contributed by atoms with Crippen LogP contribution in [0.25, 0.3) is 0 Å². The fraction of sp³-hybridized carbons (Fsp3) is 0.786. The number of methoxy groups -OCH3 is 1. The molecule has 1 unspecified atom stereocenters. The van der Waals surface area contributed by atoms with E-state index in [-0.39, 0.29) is 0 Å². The van der Waals surface area contributed by atoms with Crippen molar-refractivity contribution in [3.8, 4) is 0 Å². The molecule has 1 N–H and O–H groups in total. The molecular weight excluding hydrogens is 276 g/mol. The van der Waals surface area contributed by atoms with E-state index in [1.165, 1.54) is 9.88 Å². The van der Waals surface area contributed by atoms with E-state index in [9.17, 15) is 0 Å². The quantitative estimate of drug-likeness (QED) is 0.752. The first-order valence-electron chi connectivity index (χ1n) is 6.88. The van der Waals surface area contributed by atoms with Gasteiger partial charge in [-0.1, -0.05) is 20.8 Å². The van der Waals surface area contributed by atoms with Crippen LogP contribution in [0.15, 0.2) is 0 Å². The zero-order valence-corrected chi connectivity index (χ0v) is 14.3. The monoisotopic (exact) mass is 302 g/mol. The Morgan fingerprint density at radius 1 is 1.37 bits per heavy atom. The first-order valence-corrected chi connectivity index (χ1v) is 8.74. The molecule has 0 bridgehead atoms. The van der Waals surface area contributed by atoms with Gasteiger partial charge in [-0.3, -0.25) is 0 Å². The van der Waals surface area contributed by atoms with E-state index < -0.39 is 0 Å². The second-order valence-electron chi connectivity index (χ2n) is 4.96. The molecule has 0 aromatic carbocycles. The van der Waals surface area contributed by atoms with E-state index in [0.29, 0.717) is 17.9 Å². The van der Waals surface area contributed by atoms with Gasteiger partial charge in [-0.05, 0) is 18.6 Å². The van der Waals surface area contributed by atoms with Crippen molar-refractivity contribution in [1.82, 2.24) is 10.3 Å². The Hall–Kier alpha value is -0.100. The van der Waals surface area contributed by atoms with Crippen LogP contribution in [0.3, 0.4) is 0 Å². The third kappa shape index (κ3) is 6.25. The summed E-state index contributed by atoms with van der Waals surface area (Å²) in [5, 5.41) is 5.40. The Labute approximate surface area is 125 Å². The van der Waals surface area contributed by atoms with Crippen LogP contribution in [0, 0.1) is 0 Å². The van der Waals surface area contributed by atoms with Gasteiger partial charge in [-0.2, -0.15) is 11.8 Å². The lowest BCUT2D eigenvalue weighted by atomic mass is 10.2. The number of aromatic nitrogens is 1. The van der Waals surface area contributed by atoms with Crippen molar-refractivity contribution in [2.24, 2.45) is 0 Å². The molecule has 1 heterocycles. The molecule has 0 radical (unpaired) electrons. The molecule has 0 amide bonds. The fourth-order valence-electron chi connectivity index (χ4n) is 1.54. The van der Waals surface area contributed by atoms with Crippen LogP contribution in [0.4, 0.5) is 0 Å². The maximum absolute atomic E-state index is 5.25. The molecule has 110 valence electrons. The smallest absolute Gasteiger partial charge is 0.103 e. The fourth-order valence-corrected chi connectivity index (χ4v) is 3.33. The maximum atomic E-state index is 5.25. The number of thiazole rings is 1. The van der Waals surface area contributed by atoms with Gasteiger partial charge in [-0.25, -0.2) is 4.98 Å². The molecule has 0 saturated carbocycles. The van der Waals surface area contributed by atoms with E-state index in [1.807, 2.05) is 23.1 Å². The van der Waals surface area contributed by atoms with Gasteiger partial charge in [0.15, 0.2) is 0 Å². The summed E-state index contributed by atoms with van der Waals surface area (Å²) in [6.07, 6.45) is 1.15. The van der Waals surface area contributed by atoms with Crippen LogP contribution >= 0.6 is 23.1 Å². The number of ether oxygens (including phenoxy) is 1. The topological polar surface area (TPSA) is 34.2 Å². The number of hydrogen-bond donors (Lipinski definition) is 1. The Bertz CT molecular complexity index is 366. The zero-order chi connectivity index (χ0) is 14.3. The average molecular weight is 303 g/mol. The Morgan fingerprint density at radius 2 is 2.11 bits per heavy atom. The Morgan fingerprint density at radius 3 is 2.68 bits per heavy atom. The molecule has 3 nitrogen and oxygen atoms in total. The average Bonchev–Trinajstić information content (AvgIpc) is 2.76. The maximum Gasteiger partial charge on any atom is 0.103 e. The number of hydrogen-bond acceptors (Lipinski definition) is 5. The van der Waals surface area contributed by atoms with Gasteiger partial charge in [0.25, 0.3) is 0 Å². The molecule has 1 aromatic rings. The van der Waals surface area contributed by atoms with E-state index in [2.05, 4.69) is 33.0 Å². The third-order valence-electron chi connectivity index (χ3n) is 2.87. The lowest BCUT2D eigenvalue weighted by Crippen LogP contribution is -2.24. The summed E-state index contributed by atoms with van der Waals surface area (Å²) in [4.78, 5) is 6.03. The molecular formula is C14H26N2OS2. The molecule has 0 spiro atoms. The van der Waals surface area contributed by atoms with Crippen LogP contribution in [-0.4, -0.2) is 23.4 Å². The summed E-state index contributed by atoms with van der Waals surface area (Å²) in [5.74, 6) is 1.00. The van der Waals surface area contributed by atoms with Crippen LogP contribution in [-0.2, 0) is 23.6 Å². The normalized spacial score (nSPS) is 13.2. The van der Waals surface area contributed by atoms with E-state index in [4.69, 9.17) is 9.72 Å². The van der Waals surface area contributed by atoms with Gasteiger partial charge in [0, 0.05) is 30.3 Å². The molecule has 1 aromatic heterocycles. The lowest BCUT2D eigenvalue weighted by Gasteiger charge is -2.10. The summed E-state index contributed by atoms with van der Waals surface area (Å²) in [7, 11) is 1.73. The first-order chi connectivity index (χ1) is 9.06. The molecule has 19 heavy (non-hydrogen) atoms. The van der Waals surface area contributed by atoms with E-state index in [1.54, 1.807) is 7.11 Å². The summed E-state index contributed by atoms with van der Waals surface area (Å²) >= 11 is 3.76. The number of rotatable bonds is 9. The van der Waals surface area contributed by atoms with E-state index in [0.717, 1.165) is 24.4 Å². The van der Waals surface area contributed by atoms with Crippen LogP contribution in [0.2, 0.25) is 0 Å². The minimum atomic E-state index is 0.547. The first kappa shape index (κ1) is 17.0. The SMILES string of the molecule is CCC(C)NCc1sc(CSC(C)C)nc1COC. The van der Waals surface area contributed by atoms with Gasteiger partial charge in [0.05, 0.1) is 12.3 Å². The number of thioether (sulfide) groups is 1. The van der Waals surface area contributed by atoms with E-state index >= 15 is 0 Å². The van der Waals surface area contributed by atoms with Crippen LogP contribution in [0.5, 0.6) is 0 Å². The molecule has 0 saturated heterocycles. The highest BCUT2D eigenvalue weighted by molar-refractivity contribution is 7.99. The van der Waals surface area contributed by atoms with Gasteiger partial charge in [-0.15, -0.1) is 11.3 Å². The van der Waals surface area contributed by atoms with Crippen LogP contribution < -0.4 is 5.32 Å². The minimum absolute atomic E-state index is 0.547. The number of nitrogens with one attached hydrogen (secondary N) is 1. The molecule has 0 fully saturated rings.